The fourth-order valence-electron chi connectivity index (χ4n) is 12.3. The summed E-state index contributed by atoms with van der Waals surface area (Å²) < 4.78 is 4.86. The molecule has 0 radical (unpaired) electrons. The molecular formula is C71H80N12O4. The summed E-state index contributed by atoms with van der Waals surface area (Å²) in [5.41, 5.74) is 15.3. The second kappa shape index (κ2) is 29.1. The fraction of sp³-hybridized carbons (Fsp3) is 0.338. The van der Waals surface area contributed by atoms with Crippen molar-refractivity contribution in [3.8, 4) is 22.5 Å². The maximum atomic E-state index is 12.8. The molecule has 2 unspecified atom stereocenters. The Kier molecular flexibility index (Phi) is 20.1. The fourth-order valence-corrected chi connectivity index (χ4v) is 12.3. The third-order valence-electron chi connectivity index (χ3n) is 17.3. The number of aromatic nitrogens is 4. The molecule has 0 bridgehead atoms. The molecule has 2 fully saturated rings. The lowest BCUT2D eigenvalue weighted by atomic mass is 9.78. The summed E-state index contributed by atoms with van der Waals surface area (Å²) in [7, 11) is 5.71. The van der Waals surface area contributed by atoms with Crippen LogP contribution in [0.5, 0.6) is 0 Å². The minimum atomic E-state index is -0.452. The lowest BCUT2D eigenvalue weighted by molar-refractivity contribution is -0.116. The standard InChI is InChI=1S/C36H40N6O3.C35H40N6O/c1-41-18-20-42(21-19-41)17-7-16-37-36-38-24-27-22-32(30-10-5-6-11-31(30)34(27)40-36)25-12-14-28(15-13-25)39-33(43)23-26-8-3-4-9-29(26)35(44)45-2;1-40-20-22-41(23-21-40)19-7-18-36-35-37-25-28-24-32(30-10-5-6-11-31(30)34(28)39-35)27-13-15-29(16-14-27)38-33(42)17-12-26-8-3-2-4-9-26/h3-6,8-15,24,32H,7,16-23H2,1-2H3,(H,39,43)(H,37,38,40);2-6,8-11,13-16,25,32H,7,12,17-24H2,1H3,(H,38,42)(H,36,37,39). The average molecular weight is 1170 g/mol. The molecule has 4 heterocycles. The van der Waals surface area contributed by atoms with Gasteiger partial charge in [-0.1, -0.05) is 121 Å². The number of ether oxygens (including phenoxy) is 1. The number of aryl methyl sites for hydroxylation is 1. The molecule has 8 aromatic rings. The highest BCUT2D eigenvalue weighted by molar-refractivity contribution is 5.96. The Morgan fingerprint density at radius 1 is 0.529 bits per heavy atom. The highest BCUT2D eigenvalue weighted by atomic mass is 16.5. The van der Waals surface area contributed by atoms with E-state index in [-0.39, 0.29) is 30.1 Å². The van der Waals surface area contributed by atoms with E-state index >= 15 is 0 Å². The van der Waals surface area contributed by atoms with Gasteiger partial charge in [-0.3, -0.25) is 9.59 Å². The molecule has 12 rings (SSSR count). The van der Waals surface area contributed by atoms with Crippen LogP contribution < -0.4 is 21.3 Å². The van der Waals surface area contributed by atoms with Gasteiger partial charge in [0, 0.05) is 119 Å². The molecule has 87 heavy (non-hydrogen) atoms. The van der Waals surface area contributed by atoms with Crippen molar-refractivity contribution in [2.45, 2.75) is 56.8 Å². The van der Waals surface area contributed by atoms with Gasteiger partial charge in [-0.05, 0) is 134 Å². The summed E-state index contributed by atoms with van der Waals surface area (Å²) in [6, 6.07) is 50.5. The molecular weight excluding hydrogens is 1080 g/mol. The van der Waals surface area contributed by atoms with Gasteiger partial charge in [0.2, 0.25) is 23.7 Å². The number of hydrogen-bond acceptors (Lipinski definition) is 14. The van der Waals surface area contributed by atoms with Crippen molar-refractivity contribution in [3.63, 3.8) is 0 Å². The molecule has 2 saturated heterocycles. The van der Waals surface area contributed by atoms with Crippen LogP contribution >= 0.6 is 0 Å². The minimum Gasteiger partial charge on any atom is -0.465 e. The van der Waals surface area contributed by atoms with Crippen LogP contribution in [0.15, 0.2) is 164 Å². The molecule has 16 heteroatoms. The Labute approximate surface area is 511 Å². The normalized spacial score (nSPS) is 16.6. The van der Waals surface area contributed by atoms with Crippen LogP contribution in [0, 0.1) is 0 Å². The molecule has 2 aliphatic heterocycles. The van der Waals surface area contributed by atoms with Crippen molar-refractivity contribution in [1.82, 2.24) is 39.5 Å². The van der Waals surface area contributed by atoms with E-state index in [2.05, 4.69) is 150 Å². The number of methoxy groups -OCH3 is 1. The zero-order valence-corrected chi connectivity index (χ0v) is 50.4. The predicted octanol–water partition coefficient (Wildman–Crippen LogP) is 10.3. The van der Waals surface area contributed by atoms with Crippen LogP contribution in [0.3, 0.4) is 0 Å². The largest absolute Gasteiger partial charge is 0.465 e. The first-order valence-corrected chi connectivity index (χ1v) is 30.8. The SMILES string of the molecule is CN1CCN(CCCNc2ncc3c(n2)-c2ccccc2C(c2ccc(NC(=O)CCc4ccccc4)cc2)C3)CC1.COC(=O)c1ccccc1CC(=O)Nc1ccc(C2Cc3cnc(NCCCN4CCN(C)CC4)nc3-c3ccccc32)cc1. The lowest BCUT2D eigenvalue weighted by Crippen LogP contribution is -2.44. The van der Waals surface area contributed by atoms with Gasteiger partial charge in [-0.2, -0.15) is 0 Å². The van der Waals surface area contributed by atoms with Crippen molar-refractivity contribution in [2.75, 3.05) is 121 Å². The number of hydrogen-bond donors (Lipinski definition) is 4. The van der Waals surface area contributed by atoms with Crippen LogP contribution in [0.4, 0.5) is 23.3 Å². The van der Waals surface area contributed by atoms with E-state index in [4.69, 9.17) is 14.7 Å². The minimum absolute atomic E-state index is 0.0319. The number of anilines is 4. The number of likely N-dealkylation sites (N-methyl/N-ethyl adjacent to an activating group) is 2. The number of benzene rings is 6. The Morgan fingerprint density at radius 2 is 0.989 bits per heavy atom. The number of fused-ring (bicyclic) bond motifs is 6. The average Bonchev–Trinajstić information content (AvgIpc) is 1.71. The predicted molar refractivity (Wildman–Crippen MR) is 347 cm³/mol. The van der Waals surface area contributed by atoms with Gasteiger partial charge >= 0.3 is 5.97 Å². The van der Waals surface area contributed by atoms with Gasteiger partial charge in [0.1, 0.15) is 0 Å². The molecule has 16 nitrogen and oxygen atoms in total. The molecule has 2 aliphatic carbocycles. The Bertz CT molecular complexity index is 3600. The number of esters is 1. The second-order valence-corrected chi connectivity index (χ2v) is 23.3. The summed E-state index contributed by atoms with van der Waals surface area (Å²) >= 11 is 0. The van der Waals surface area contributed by atoms with E-state index in [0.717, 1.165) is 144 Å². The Morgan fingerprint density at radius 3 is 1.49 bits per heavy atom. The number of carbonyl (C=O) groups excluding carboxylic acids is 3. The van der Waals surface area contributed by atoms with Gasteiger partial charge in [0.25, 0.3) is 0 Å². The Balaban J connectivity index is 0.000000181. The summed E-state index contributed by atoms with van der Waals surface area (Å²) in [5, 5.41) is 12.9. The quantitative estimate of drug-likeness (QED) is 0.0419. The van der Waals surface area contributed by atoms with Gasteiger partial charge in [-0.25, -0.2) is 24.7 Å². The van der Waals surface area contributed by atoms with Crippen LogP contribution in [-0.2, 0) is 40.0 Å². The number of piperazine rings is 2. The number of carbonyl (C=O) groups is 3. The first kappa shape index (κ1) is 60.0. The number of rotatable bonds is 20. The number of amides is 2. The Hall–Kier alpha value is -8.67. The molecule has 2 atom stereocenters. The smallest absolute Gasteiger partial charge is 0.338 e. The van der Waals surface area contributed by atoms with Crippen molar-refractivity contribution < 1.29 is 19.1 Å². The highest BCUT2D eigenvalue weighted by Gasteiger charge is 2.30. The van der Waals surface area contributed by atoms with Gasteiger partial charge < -0.3 is 45.6 Å². The summed E-state index contributed by atoms with van der Waals surface area (Å²) in [6.45, 7) is 13.0. The molecule has 2 amide bonds. The van der Waals surface area contributed by atoms with Gasteiger partial charge in [0.05, 0.1) is 30.5 Å². The molecule has 0 saturated carbocycles. The zero-order valence-electron chi connectivity index (χ0n) is 50.4. The van der Waals surface area contributed by atoms with Crippen LogP contribution in [-0.4, -0.2) is 157 Å². The van der Waals surface area contributed by atoms with E-state index in [0.29, 0.717) is 35.1 Å². The summed E-state index contributed by atoms with van der Waals surface area (Å²) in [4.78, 5) is 66.6. The second-order valence-electron chi connectivity index (χ2n) is 23.3. The zero-order chi connectivity index (χ0) is 59.9. The van der Waals surface area contributed by atoms with E-state index in [9.17, 15) is 14.4 Å². The van der Waals surface area contributed by atoms with Crippen LogP contribution in [0.1, 0.15) is 86.0 Å². The molecule has 2 aromatic heterocycles. The van der Waals surface area contributed by atoms with E-state index in [1.165, 1.54) is 40.5 Å². The highest BCUT2D eigenvalue weighted by Crippen LogP contribution is 2.44. The van der Waals surface area contributed by atoms with Gasteiger partial charge in [-0.15, -0.1) is 0 Å². The molecule has 4 aliphatic rings. The molecule has 4 N–H and O–H groups in total. The molecule has 448 valence electrons. The first-order valence-electron chi connectivity index (χ1n) is 30.8. The van der Waals surface area contributed by atoms with Gasteiger partial charge in [0.15, 0.2) is 0 Å². The van der Waals surface area contributed by atoms with Crippen molar-refractivity contribution in [2.24, 2.45) is 0 Å². The summed E-state index contributed by atoms with van der Waals surface area (Å²) in [5.74, 6) is 1.12. The first-order chi connectivity index (χ1) is 42.6. The van der Waals surface area contributed by atoms with Crippen molar-refractivity contribution in [3.05, 3.63) is 214 Å². The molecule has 6 aromatic carbocycles. The van der Waals surface area contributed by atoms with Crippen molar-refractivity contribution >= 4 is 41.1 Å². The van der Waals surface area contributed by atoms with E-state index < -0.39 is 5.97 Å². The molecule has 0 spiro atoms. The third kappa shape index (κ3) is 15.7. The monoisotopic (exact) mass is 1160 g/mol. The van der Waals surface area contributed by atoms with Crippen LogP contribution in [0.25, 0.3) is 22.5 Å². The van der Waals surface area contributed by atoms with E-state index in [1.54, 1.807) is 18.2 Å². The lowest BCUT2D eigenvalue weighted by Gasteiger charge is -2.32. The van der Waals surface area contributed by atoms with Crippen LogP contribution in [0.2, 0.25) is 0 Å². The summed E-state index contributed by atoms with van der Waals surface area (Å²) in [6.07, 6.45) is 9.01. The maximum absolute atomic E-state index is 12.8. The van der Waals surface area contributed by atoms with Crippen molar-refractivity contribution in [1.29, 1.82) is 0 Å². The number of nitrogens with zero attached hydrogens (tertiary/aromatic N) is 8. The topological polar surface area (TPSA) is 173 Å². The number of nitrogens with one attached hydrogen (secondary N) is 4. The van der Waals surface area contributed by atoms with E-state index in [1.807, 2.05) is 60.9 Å². The third-order valence-corrected chi connectivity index (χ3v) is 17.3. The maximum Gasteiger partial charge on any atom is 0.338 e.